The third-order valence-electron chi connectivity index (χ3n) is 5.52. The molecule has 2 aromatic heterocycles. The molecule has 0 saturated carbocycles. The van der Waals surface area contributed by atoms with Gasteiger partial charge >= 0.3 is 0 Å². The molecule has 1 N–H and O–H groups in total. The summed E-state index contributed by atoms with van der Waals surface area (Å²) in [5.41, 5.74) is 3.03. The van der Waals surface area contributed by atoms with E-state index in [4.69, 9.17) is 9.72 Å². The van der Waals surface area contributed by atoms with Gasteiger partial charge in [0.2, 0.25) is 5.88 Å². The number of para-hydroxylation sites is 1. The Labute approximate surface area is 177 Å². The summed E-state index contributed by atoms with van der Waals surface area (Å²) in [7, 11) is 2.12. The number of fused-ring (bicyclic) bond motifs is 1. The maximum absolute atomic E-state index is 13.1. The molecule has 0 bridgehead atoms. The number of carbonyl (C=O) groups excluding carboxylic acids is 1. The molecule has 0 radical (unpaired) electrons. The zero-order chi connectivity index (χ0) is 21.1. The van der Waals surface area contributed by atoms with E-state index in [9.17, 15) is 4.79 Å². The fraction of sp³-hybridized carbons (Fsp3) is 0.375. The third-order valence-corrected chi connectivity index (χ3v) is 5.52. The van der Waals surface area contributed by atoms with E-state index in [-0.39, 0.29) is 17.9 Å². The molecule has 1 amide bonds. The van der Waals surface area contributed by atoms with E-state index in [1.807, 2.05) is 30.3 Å². The Morgan fingerprint density at radius 3 is 2.70 bits per heavy atom. The molecule has 0 spiro atoms. The third kappa shape index (κ3) is 4.60. The van der Waals surface area contributed by atoms with Gasteiger partial charge in [-0.1, -0.05) is 32.0 Å². The van der Waals surface area contributed by atoms with Gasteiger partial charge in [0.1, 0.15) is 6.10 Å². The van der Waals surface area contributed by atoms with Crippen molar-refractivity contribution in [3.63, 3.8) is 0 Å². The second-order valence-corrected chi connectivity index (χ2v) is 8.22. The van der Waals surface area contributed by atoms with Gasteiger partial charge in [-0.2, -0.15) is 0 Å². The summed E-state index contributed by atoms with van der Waals surface area (Å²) in [6.45, 7) is 6.20. The van der Waals surface area contributed by atoms with E-state index in [0.717, 1.165) is 42.5 Å². The van der Waals surface area contributed by atoms with Crippen molar-refractivity contribution in [1.82, 2.24) is 14.9 Å². The number of benzene rings is 1. The van der Waals surface area contributed by atoms with E-state index < -0.39 is 0 Å². The van der Waals surface area contributed by atoms with Crippen molar-refractivity contribution in [3.05, 3.63) is 59.9 Å². The first kappa shape index (κ1) is 20.3. The van der Waals surface area contributed by atoms with Crippen LogP contribution in [0.2, 0.25) is 0 Å². The van der Waals surface area contributed by atoms with Crippen LogP contribution in [0.5, 0.6) is 5.88 Å². The van der Waals surface area contributed by atoms with Crippen LogP contribution in [0.4, 0.5) is 5.69 Å². The van der Waals surface area contributed by atoms with Crippen molar-refractivity contribution >= 4 is 22.5 Å². The molecule has 1 aliphatic rings. The Bertz CT molecular complexity index is 1040. The molecule has 1 saturated heterocycles. The number of nitrogens with zero attached hydrogens (tertiary/aromatic N) is 3. The zero-order valence-electron chi connectivity index (χ0n) is 17.8. The number of hydrogen-bond acceptors (Lipinski definition) is 5. The summed E-state index contributed by atoms with van der Waals surface area (Å²) in [5.74, 6) is 0.619. The van der Waals surface area contributed by atoms with Gasteiger partial charge in [0, 0.05) is 42.1 Å². The Kier molecular flexibility index (Phi) is 5.95. The minimum absolute atomic E-state index is 0.160. The fourth-order valence-electron chi connectivity index (χ4n) is 3.70. The maximum Gasteiger partial charge on any atom is 0.256 e. The van der Waals surface area contributed by atoms with Crippen LogP contribution in [0.3, 0.4) is 0 Å². The largest absolute Gasteiger partial charge is 0.474 e. The molecule has 3 aromatic rings. The average Bonchev–Trinajstić information content (AvgIpc) is 2.74. The van der Waals surface area contributed by atoms with Crippen LogP contribution in [-0.2, 0) is 0 Å². The number of amides is 1. The second-order valence-electron chi connectivity index (χ2n) is 8.22. The van der Waals surface area contributed by atoms with Crippen LogP contribution < -0.4 is 10.1 Å². The van der Waals surface area contributed by atoms with Gasteiger partial charge in [0.25, 0.3) is 5.91 Å². The number of nitrogens with one attached hydrogen (secondary N) is 1. The average molecular weight is 405 g/mol. The molecule has 3 heterocycles. The Morgan fingerprint density at radius 1 is 1.17 bits per heavy atom. The number of hydrogen-bond donors (Lipinski definition) is 1. The topological polar surface area (TPSA) is 67.3 Å². The van der Waals surface area contributed by atoms with E-state index in [1.54, 1.807) is 18.3 Å². The van der Waals surface area contributed by atoms with E-state index in [2.05, 4.69) is 36.1 Å². The van der Waals surface area contributed by atoms with Gasteiger partial charge in [-0.15, -0.1) is 0 Å². The quantitative estimate of drug-likeness (QED) is 0.679. The van der Waals surface area contributed by atoms with Crippen LogP contribution in [0.15, 0.2) is 48.7 Å². The summed E-state index contributed by atoms with van der Waals surface area (Å²) in [6, 6.07) is 13.2. The van der Waals surface area contributed by atoms with Gasteiger partial charge in [-0.25, -0.2) is 4.98 Å². The molecular formula is C24H28N4O2. The maximum atomic E-state index is 13.1. The summed E-state index contributed by atoms with van der Waals surface area (Å²) >= 11 is 0. The normalized spacial score (nSPS) is 15.5. The highest BCUT2D eigenvalue weighted by Gasteiger charge is 2.19. The number of aromatic nitrogens is 2. The highest BCUT2D eigenvalue weighted by atomic mass is 16.5. The molecule has 156 valence electrons. The Morgan fingerprint density at radius 2 is 1.93 bits per heavy atom. The van der Waals surface area contributed by atoms with Crippen LogP contribution >= 0.6 is 0 Å². The number of anilines is 1. The predicted octanol–water partition coefficient (Wildman–Crippen LogP) is 4.48. The minimum atomic E-state index is -0.160. The summed E-state index contributed by atoms with van der Waals surface area (Å²) in [6.07, 6.45) is 3.80. The van der Waals surface area contributed by atoms with Gasteiger partial charge in [0.15, 0.2) is 0 Å². The van der Waals surface area contributed by atoms with Gasteiger partial charge in [-0.05, 0) is 44.0 Å². The number of pyridine rings is 2. The monoisotopic (exact) mass is 404 g/mol. The molecule has 4 rings (SSSR count). The molecule has 30 heavy (non-hydrogen) atoms. The fourth-order valence-corrected chi connectivity index (χ4v) is 3.70. The van der Waals surface area contributed by atoms with Crippen LogP contribution in [0.25, 0.3) is 10.9 Å². The van der Waals surface area contributed by atoms with Crippen molar-refractivity contribution in [3.8, 4) is 5.88 Å². The highest BCUT2D eigenvalue weighted by molar-refractivity contribution is 6.12. The number of carbonyl (C=O) groups is 1. The second kappa shape index (κ2) is 8.79. The lowest BCUT2D eigenvalue weighted by molar-refractivity contribution is 0.102. The number of likely N-dealkylation sites (tertiary alicyclic amines) is 1. The summed E-state index contributed by atoms with van der Waals surface area (Å²) in [5, 5.41) is 3.85. The lowest BCUT2D eigenvalue weighted by Gasteiger charge is -2.28. The molecule has 1 aliphatic heterocycles. The van der Waals surface area contributed by atoms with Crippen molar-refractivity contribution in [2.75, 3.05) is 25.5 Å². The number of ether oxygens (including phenoxy) is 1. The van der Waals surface area contributed by atoms with Crippen molar-refractivity contribution in [2.45, 2.75) is 38.7 Å². The van der Waals surface area contributed by atoms with Gasteiger partial charge in [0.05, 0.1) is 11.1 Å². The molecule has 0 unspecified atom stereocenters. The number of rotatable bonds is 5. The summed E-state index contributed by atoms with van der Waals surface area (Å²) in [4.78, 5) is 24.5. The predicted molar refractivity (Wildman–Crippen MR) is 119 cm³/mol. The lowest BCUT2D eigenvalue weighted by atomic mass is 10.0. The van der Waals surface area contributed by atoms with E-state index in [0.29, 0.717) is 17.1 Å². The Balaban J connectivity index is 1.54. The molecule has 0 aliphatic carbocycles. The van der Waals surface area contributed by atoms with Crippen molar-refractivity contribution in [1.29, 1.82) is 0 Å². The first-order chi connectivity index (χ1) is 14.5. The van der Waals surface area contributed by atoms with Crippen LogP contribution in [0, 0.1) is 0 Å². The molecule has 6 nitrogen and oxygen atoms in total. The Hall–Kier alpha value is -2.99. The molecule has 0 atom stereocenters. The van der Waals surface area contributed by atoms with E-state index in [1.165, 1.54) is 0 Å². The van der Waals surface area contributed by atoms with Gasteiger partial charge in [-0.3, -0.25) is 9.78 Å². The van der Waals surface area contributed by atoms with E-state index >= 15 is 0 Å². The molecule has 1 aromatic carbocycles. The first-order valence-electron chi connectivity index (χ1n) is 10.5. The SMILES string of the molecule is CC(C)c1cc(C(=O)Nc2ccnc(OC3CCN(C)CC3)c2)c2ccccc2n1. The summed E-state index contributed by atoms with van der Waals surface area (Å²) < 4.78 is 6.05. The lowest BCUT2D eigenvalue weighted by Crippen LogP contribution is -2.35. The van der Waals surface area contributed by atoms with Gasteiger partial charge < -0.3 is 15.0 Å². The standard InChI is InChI=1S/C24H28N4O2/c1-16(2)22-15-20(19-6-4-5-7-21(19)27-22)24(29)26-17-8-11-25-23(14-17)30-18-9-12-28(3)13-10-18/h4-8,11,14-16,18H,9-10,12-13H2,1-3H3,(H,25,26,29). The van der Waals surface area contributed by atoms with Crippen LogP contribution in [0.1, 0.15) is 48.7 Å². The van der Waals surface area contributed by atoms with Crippen molar-refractivity contribution in [2.24, 2.45) is 0 Å². The highest BCUT2D eigenvalue weighted by Crippen LogP contribution is 2.24. The molecular weight excluding hydrogens is 376 g/mol. The molecule has 6 heteroatoms. The number of piperidine rings is 1. The smallest absolute Gasteiger partial charge is 0.256 e. The van der Waals surface area contributed by atoms with Crippen LogP contribution in [-0.4, -0.2) is 47.0 Å². The molecule has 1 fully saturated rings. The van der Waals surface area contributed by atoms with Crippen molar-refractivity contribution < 1.29 is 9.53 Å². The zero-order valence-corrected chi connectivity index (χ0v) is 17.8. The minimum Gasteiger partial charge on any atom is -0.474 e. The first-order valence-corrected chi connectivity index (χ1v) is 10.5.